The maximum Gasteiger partial charge on any atom is 0.243 e. The Morgan fingerprint density at radius 1 is 1.04 bits per heavy atom. The van der Waals surface area contributed by atoms with Crippen molar-refractivity contribution in [1.29, 1.82) is 0 Å². The van der Waals surface area contributed by atoms with Gasteiger partial charge in [-0.2, -0.15) is 0 Å². The van der Waals surface area contributed by atoms with E-state index in [4.69, 9.17) is 9.47 Å². The number of carbonyl (C=O) groups is 1. The van der Waals surface area contributed by atoms with Gasteiger partial charge in [-0.05, 0) is 24.3 Å². The Morgan fingerprint density at radius 2 is 1.78 bits per heavy atom. The molecule has 0 aromatic heterocycles. The van der Waals surface area contributed by atoms with Gasteiger partial charge < -0.3 is 20.1 Å². The summed E-state index contributed by atoms with van der Waals surface area (Å²) < 4.78 is 36.6. The molecule has 7 heteroatoms. The summed E-state index contributed by atoms with van der Waals surface area (Å²) in [5.74, 6) is -0.898. The van der Waals surface area contributed by atoms with Crippen molar-refractivity contribution in [3.05, 3.63) is 48.0 Å². The summed E-state index contributed by atoms with van der Waals surface area (Å²) >= 11 is 0. The first kappa shape index (κ1) is 16.5. The van der Waals surface area contributed by atoms with Gasteiger partial charge in [0.1, 0.15) is 23.1 Å². The normalized spacial score (nSPS) is 10.1. The summed E-state index contributed by atoms with van der Waals surface area (Å²) in [7, 11) is 3.03. The molecule has 0 unspecified atom stereocenters. The van der Waals surface area contributed by atoms with Crippen LogP contribution in [0.5, 0.6) is 11.5 Å². The first-order valence-corrected chi connectivity index (χ1v) is 6.74. The molecule has 0 saturated carbocycles. The Hall–Kier alpha value is -2.83. The highest BCUT2D eigenvalue weighted by molar-refractivity contribution is 5.94. The van der Waals surface area contributed by atoms with Crippen molar-refractivity contribution in [2.75, 3.05) is 31.4 Å². The number of hydrogen-bond donors (Lipinski definition) is 2. The number of amides is 1. The van der Waals surface area contributed by atoms with E-state index < -0.39 is 17.5 Å². The summed E-state index contributed by atoms with van der Waals surface area (Å²) in [6.07, 6.45) is 0. The van der Waals surface area contributed by atoms with Crippen LogP contribution in [0, 0.1) is 11.6 Å². The van der Waals surface area contributed by atoms with E-state index >= 15 is 0 Å². The van der Waals surface area contributed by atoms with Crippen molar-refractivity contribution in [3.8, 4) is 11.5 Å². The highest BCUT2D eigenvalue weighted by Crippen LogP contribution is 2.28. The van der Waals surface area contributed by atoms with Crippen LogP contribution in [0.2, 0.25) is 0 Å². The summed E-state index contributed by atoms with van der Waals surface area (Å²) in [6.45, 7) is -0.112. The van der Waals surface area contributed by atoms with Crippen molar-refractivity contribution in [1.82, 2.24) is 0 Å². The first-order valence-electron chi connectivity index (χ1n) is 6.74. The largest absolute Gasteiger partial charge is 0.497 e. The van der Waals surface area contributed by atoms with Crippen LogP contribution in [0.1, 0.15) is 0 Å². The van der Waals surface area contributed by atoms with E-state index in [0.29, 0.717) is 23.3 Å². The van der Waals surface area contributed by atoms with Gasteiger partial charge in [0.25, 0.3) is 0 Å². The lowest BCUT2D eigenvalue weighted by atomic mass is 10.2. The van der Waals surface area contributed by atoms with Crippen LogP contribution in [0.3, 0.4) is 0 Å². The van der Waals surface area contributed by atoms with Gasteiger partial charge in [0.05, 0.1) is 32.1 Å². The van der Waals surface area contributed by atoms with Gasteiger partial charge in [0.15, 0.2) is 0 Å². The topological polar surface area (TPSA) is 59.6 Å². The number of halogens is 2. The predicted molar refractivity (Wildman–Crippen MR) is 83.0 cm³/mol. The summed E-state index contributed by atoms with van der Waals surface area (Å²) in [6, 6.07) is 8.01. The third-order valence-corrected chi connectivity index (χ3v) is 3.05. The Labute approximate surface area is 132 Å². The van der Waals surface area contributed by atoms with E-state index in [1.165, 1.54) is 14.2 Å². The van der Waals surface area contributed by atoms with Gasteiger partial charge in [0.2, 0.25) is 5.91 Å². The molecule has 0 bridgehead atoms. The molecule has 0 fully saturated rings. The standard InChI is InChI=1S/C16H16F2N2O3/c1-22-11-4-6-14(15(8-11)23-2)19-9-16(21)20-13-5-3-10(17)7-12(13)18/h3-8,19H,9H2,1-2H3,(H,20,21). The highest BCUT2D eigenvalue weighted by atomic mass is 19.1. The lowest BCUT2D eigenvalue weighted by Crippen LogP contribution is -2.22. The summed E-state index contributed by atoms with van der Waals surface area (Å²) in [4.78, 5) is 11.8. The van der Waals surface area contributed by atoms with Gasteiger partial charge in [-0.25, -0.2) is 8.78 Å². The molecular weight excluding hydrogens is 306 g/mol. The average Bonchev–Trinajstić information content (AvgIpc) is 2.55. The van der Waals surface area contributed by atoms with Crippen LogP contribution >= 0.6 is 0 Å². The fourth-order valence-electron chi connectivity index (χ4n) is 1.91. The number of nitrogens with one attached hydrogen (secondary N) is 2. The van der Waals surface area contributed by atoms with E-state index in [-0.39, 0.29) is 12.2 Å². The second-order valence-corrected chi connectivity index (χ2v) is 4.59. The number of anilines is 2. The van der Waals surface area contributed by atoms with Gasteiger partial charge in [0, 0.05) is 12.1 Å². The zero-order valence-corrected chi connectivity index (χ0v) is 12.7. The van der Waals surface area contributed by atoms with Gasteiger partial charge in [-0.15, -0.1) is 0 Å². The molecule has 0 spiro atoms. The number of hydrogen-bond acceptors (Lipinski definition) is 4. The van der Waals surface area contributed by atoms with Crippen molar-refractivity contribution in [2.24, 2.45) is 0 Å². The maximum absolute atomic E-state index is 13.5. The molecule has 23 heavy (non-hydrogen) atoms. The smallest absolute Gasteiger partial charge is 0.243 e. The molecule has 0 saturated heterocycles. The molecule has 1 amide bonds. The van der Waals surface area contributed by atoms with E-state index in [0.717, 1.165) is 12.1 Å². The molecule has 2 aromatic rings. The summed E-state index contributed by atoms with van der Waals surface area (Å²) in [5.41, 5.74) is 0.503. The van der Waals surface area contributed by atoms with Crippen LogP contribution < -0.4 is 20.1 Å². The van der Waals surface area contributed by atoms with Crippen LogP contribution in [0.15, 0.2) is 36.4 Å². The van der Waals surface area contributed by atoms with Crippen molar-refractivity contribution >= 4 is 17.3 Å². The third-order valence-electron chi connectivity index (χ3n) is 3.05. The molecule has 0 aliphatic carbocycles. The minimum atomic E-state index is -0.833. The fraction of sp³-hybridized carbons (Fsp3) is 0.188. The number of benzene rings is 2. The molecule has 2 N–H and O–H groups in total. The summed E-state index contributed by atoms with van der Waals surface area (Å²) in [5, 5.41) is 5.24. The van der Waals surface area contributed by atoms with E-state index in [1.807, 2.05) is 0 Å². The third kappa shape index (κ3) is 4.32. The van der Waals surface area contributed by atoms with Crippen molar-refractivity contribution < 1.29 is 23.0 Å². The molecule has 5 nitrogen and oxygen atoms in total. The van der Waals surface area contributed by atoms with E-state index in [2.05, 4.69) is 10.6 Å². The quantitative estimate of drug-likeness (QED) is 0.858. The van der Waals surface area contributed by atoms with Crippen LogP contribution in [0.4, 0.5) is 20.2 Å². The number of ether oxygens (including phenoxy) is 2. The first-order chi connectivity index (χ1) is 11.0. The Morgan fingerprint density at radius 3 is 2.43 bits per heavy atom. The number of carbonyl (C=O) groups excluding carboxylic acids is 1. The molecule has 2 aromatic carbocycles. The Balaban J connectivity index is 1.99. The maximum atomic E-state index is 13.5. The van der Waals surface area contributed by atoms with Gasteiger partial charge in [-0.1, -0.05) is 0 Å². The molecule has 2 rings (SSSR count). The lowest BCUT2D eigenvalue weighted by Gasteiger charge is -2.12. The van der Waals surface area contributed by atoms with Gasteiger partial charge >= 0.3 is 0 Å². The number of methoxy groups -OCH3 is 2. The average molecular weight is 322 g/mol. The van der Waals surface area contributed by atoms with Crippen molar-refractivity contribution in [3.63, 3.8) is 0 Å². The molecule has 0 atom stereocenters. The molecular formula is C16H16F2N2O3. The zero-order valence-electron chi connectivity index (χ0n) is 12.7. The predicted octanol–water partition coefficient (Wildman–Crippen LogP) is 3.03. The molecule has 122 valence electrons. The highest BCUT2D eigenvalue weighted by Gasteiger charge is 2.10. The van der Waals surface area contributed by atoms with Gasteiger partial charge in [-0.3, -0.25) is 4.79 Å². The Bertz CT molecular complexity index is 708. The zero-order chi connectivity index (χ0) is 16.8. The second-order valence-electron chi connectivity index (χ2n) is 4.59. The van der Waals surface area contributed by atoms with Crippen LogP contribution in [-0.2, 0) is 4.79 Å². The number of rotatable bonds is 6. The van der Waals surface area contributed by atoms with Crippen molar-refractivity contribution in [2.45, 2.75) is 0 Å². The molecule has 0 aliphatic heterocycles. The lowest BCUT2D eigenvalue weighted by molar-refractivity contribution is -0.114. The SMILES string of the molecule is COc1ccc(NCC(=O)Nc2ccc(F)cc2F)c(OC)c1. The van der Waals surface area contributed by atoms with E-state index in [1.54, 1.807) is 18.2 Å². The second kappa shape index (κ2) is 7.44. The van der Waals surface area contributed by atoms with E-state index in [9.17, 15) is 13.6 Å². The molecule has 0 heterocycles. The molecule has 0 aliphatic rings. The Kier molecular flexibility index (Phi) is 5.35. The molecule has 0 radical (unpaired) electrons. The minimum Gasteiger partial charge on any atom is -0.497 e. The van der Waals surface area contributed by atoms with Crippen LogP contribution in [0.25, 0.3) is 0 Å². The fourth-order valence-corrected chi connectivity index (χ4v) is 1.91. The minimum absolute atomic E-state index is 0.0834. The monoisotopic (exact) mass is 322 g/mol. The van der Waals surface area contributed by atoms with Crippen LogP contribution in [-0.4, -0.2) is 26.7 Å².